The van der Waals surface area contributed by atoms with Crippen molar-refractivity contribution in [3.05, 3.63) is 0 Å². The Hall–Kier alpha value is -0.630. The van der Waals surface area contributed by atoms with Gasteiger partial charge >= 0.3 is 0 Å². The first-order valence-electron chi connectivity index (χ1n) is 4.48. The van der Waals surface area contributed by atoms with Crippen LogP contribution in [0.1, 0.15) is 12.8 Å². The Bertz CT molecular complexity index is 145. The molecular weight excluding hydrogens is 168 g/mol. The second-order valence-electron chi connectivity index (χ2n) is 2.72. The van der Waals surface area contributed by atoms with Crippen LogP contribution in [0.2, 0.25) is 0 Å². The van der Waals surface area contributed by atoms with E-state index in [2.05, 4.69) is 11.4 Å². The molecule has 1 unspecified atom stereocenters. The molecule has 0 saturated heterocycles. The number of nitriles is 1. The lowest BCUT2D eigenvalue weighted by atomic mass is 10.2. The summed E-state index contributed by atoms with van der Waals surface area (Å²) in [5.41, 5.74) is 0. The summed E-state index contributed by atoms with van der Waals surface area (Å²) in [4.78, 5) is 0. The highest BCUT2D eigenvalue weighted by Crippen LogP contribution is 1.91. The summed E-state index contributed by atoms with van der Waals surface area (Å²) in [5.74, 6) is 0. The van der Waals surface area contributed by atoms with E-state index in [0.717, 1.165) is 19.4 Å². The molecule has 76 valence electrons. The number of hydrogen-bond acceptors (Lipinski definition) is 4. The summed E-state index contributed by atoms with van der Waals surface area (Å²) < 4.78 is 10.2. The van der Waals surface area contributed by atoms with Crippen LogP contribution in [0.3, 0.4) is 0 Å². The van der Waals surface area contributed by atoms with E-state index in [9.17, 15) is 0 Å². The molecule has 1 N–H and O–H groups in total. The lowest BCUT2D eigenvalue weighted by molar-refractivity contribution is 0.0992. The average molecular weight is 186 g/mol. The van der Waals surface area contributed by atoms with Gasteiger partial charge in [-0.05, 0) is 19.9 Å². The average Bonchev–Trinajstić information content (AvgIpc) is 2.17. The van der Waals surface area contributed by atoms with Crippen LogP contribution >= 0.6 is 0 Å². The van der Waals surface area contributed by atoms with Gasteiger partial charge in [-0.1, -0.05) is 0 Å². The predicted octanol–water partition coefficient (Wildman–Crippen LogP) is 0.541. The summed E-state index contributed by atoms with van der Waals surface area (Å²) in [6.07, 6.45) is 1.65. The maximum absolute atomic E-state index is 8.58. The zero-order chi connectivity index (χ0) is 9.94. The monoisotopic (exact) mass is 186 g/mol. The molecule has 0 amide bonds. The predicted molar refractivity (Wildman–Crippen MR) is 50.4 cm³/mol. The molecular formula is C9H18N2O2. The molecule has 0 aromatic heterocycles. The molecule has 0 rings (SSSR count). The van der Waals surface area contributed by atoms with E-state index in [1.807, 2.05) is 0 Å². The van der Waals surface area contributed by atoms with Gasteiger partial charge in [0.1, 0.15) is 0 Å². The largest absolute Gasteiger partial charge is 0.385 e. The highest BCUT2D eigenvalue weighted by Gasteiger charge is 2.01. The zero-order valence-electron chi connectivity index (χ0n) is 8.38. The minimum Gasteiger partial charge on any atom is -0.385 e. The van der Waals surface area contributed by atoms with E-state index in [0.29, 0.717) is 13.2 Å². The topological polar surface area (TPSA) is 54.3 Å². The molecule has 0 spiro atoms. The van der Waals surface area contributed by atoms with Crippen LogP contribution in [-0.4, -0.2) is 40.0 Å². The molecule has 13 heavy (non-hydrogen) atoms. The Balaban J connectivity index is 3.11. The van der Waals surface area contributed by atoms with Crippen LogP contribution in [-0.2, 0) is 9.47 Å². The third-order valence-corrected chi connectivity index (χ3v) is 1.69. The number of nitrogens with one attached hydrogen (secondary N) is 1. The molecule has 0 heterocycles. The highest BCUT2D eigenvalue weighted by molar-refractivity contribution is 4.87. The van der Waals surface area contributed by atoms with Crippen molar-refractivity contribution in [3.63, 3.8) is 0 Å². The van der Waals surface area contributed by atoms with Gasteiger partial charge in [-0.25, -0.2) is 0 Å². The highest BCUT2D eigenvalue weighted by atomic mass is 16.5. The standard InChI is InChI=1S/C9H18N2O2/c1-11-9(8-10)4-7-13-6-3-5-12-2/h9,11H,3-7H2,1-2H3. The van der Waals surface area contributed by atoms with Gasteiger partial charge in [-0.3, -0.25) is 0 Å². The van der Waals surface area contributed by atoms with Crippen molar-refractivity contribution in [2.75, 3.05) is 34.0 Å². The molecule has 0 aromatic carbocycles. The Labute approximate surface area is 79.8 Å². The Morgan fingerprint density at radius 3 is 2.69 bits per heavy atom. The molecule has 0 saturated carbocycles. The van der Waals surface area contributed by atoms with Crippen LogP contribution in [0, 0.1) is 11.3 Å². The lowest BCUT2D eigenvalue weighted by Gasteiger charge is -2.07. The van der Waals surface area contributed by atoms with Crippen LogP contribution in [0.25, 0.3) is 0 Å². The van der Waals surface area contributed by atoms with Gasteiger partial charge in [0.25, 0.3) is 0 Å². The molecule has 0 aliphatic heterocycles. The molecule has 0 fully saturated rings. The first-order chi connectivity index (χ1) is 6.35. The zero-order valence-corrected chi connectivity index (χ0v) is 8.38. The first kappa shape index (κ1) is 12.4. The van der Waals surface area contributed by atoms with E-state index in [4.69, 9.17) is 14.7 Å². The van der Waals surface area contributed by atoms with Crippen molar-refractivity contribution < 1.29 is 9.47 Å². The van der Waals surface area contributed by atoms with E-state index in [1.54, 1.807) is 14.2 Å². The number of rotatable bonds is 8. The van der Waals surface area contributed by atoms with E-state index in [-0.39, 0.29) is 6.04 Å². The smallest absolute Gasteiger partial charge is 0.0972 e. The molecule has 0 bridgehead atoms. The number of nitrogens with zero attached hydrogens (tertiary/aromatic N) is 1. The van der Waals surface area contributed by atoms with Gasteiger partial charge < -0.3 is 14.8 Å². The van der Waals surface area contributed by atoms with Crippen molar-refractivity contribution in [3.8, 4) is 6.07 Å². The van der Waals surface area contributed by atoms with Gasteiger partial charge in [0.15, 0.2) is 0 Å². The van der Waals surface area contributed by atoms with E-state index >= 15 is 0 Å². The minimum atomic E-state index is -0.0950. The molecule has 4 nitrogen and oxygen atoms in total. The Morgan fingerprint density at radius 1 is 1.38 bits per heavy atom. The second-order valence-corrected chi connectivity index (χ2v) is 2.72. The van der Waals surface area contributed by atoms with Crippen LogP contribution < -0.4 is 5.32 Å². The van der Waals surface area contributed by atoms with Gasteiger partial charge in [-0.2, -0.15) is 5.26 Å². The molecule has 0 aliphatic carbocycles. The summed E-state index contributed by atoms with van der Waals surface area (Å²) in [5, 5.41) is 11.5. The quantitative estimate of drug-likeness (QED) is 0.562. The van der Waals surface area contributed by atoms with Crippen LogP contribution in [0.4, 0.5) is 0 Å². The molecule has 4 heteroatoms. The Kier molecular flexibility index (Phi) is 9.00. The van der Waals surface area contributed by atoms with Crippen molar-refractivity contribution in [1.29, 1.82) is 5.26 Å². The Morgan fingerprint density at radius 2 is 2.15 bits per heavy atom. The minimum absolute atomic E-state index is 0.0950. The number of methoxy groups -OCH3 is 1. The first-order valence-corrected chi connectivity index (χ1v) is 4.48. The maximum Gasteiger partial charge on any atom is 0.0972 e. The maximum atomic E-state index is 8.58. The normalized spacial score (nSPS) is 12.4. The SMILES string of the molecule is CNC(C#N)CCOCCCOC. The summed E-state index contributed by atoms with van der Waals surface area (Å²) in [7, 11) is 3.45. The fourth-order valence-corrected chi connectivity index (χ4v) is 0.882. The molecule has 0 aromatic rings. The van der Waals surface area contributed by atoms with Gasteiger partial charge in [0.2, 0.25) is 0 Å². The fourth-order valence-electron chi connectivity index (χ4n) is 0.882. The lowest BCUT2D eigenvalue weighted by Crippen LogP contribution is -2.24. The second kappa shape index (κ2) is 9.46. The van der Waals surface area contributed by atoms with Gasteiger partial charge in [0, 0.05) is 26.9 Å². The van der Waals surface area contributed by atoms with Crippen molar-refractivity contribution in [1.82, 2.24) is 5.32 Å². The van der Waals surface area contributed by atoms with Crippen LogP contribution in [0.15, 0.2) is 0 Å². The van der Waals surface area contributed by atoms with Crippen LogP contribution in [0.5, 0.6) is 0 Å². The molecule has 0 radical (unpaired) electrons. The van der Waals surface area contributed by atoms with Gasteiger partial charge in [-0.15, -0.1) is 0 Å². The summed E-state index contributed by atoms with van der Waals surface area (Å²) in [6.45, 7) is 2.06. The third-order valence-electron chi connectivity index (χ3n) is 1.69. The number of hydrogen-bond donors (Lipinski definition) is 1. The number of ether oxygens (including phenoxy) is 2. The third kappa shape index (κ3) is 7.72. The molecule has 1 atom stereocenters. The summed E-state index contributed by atoms with van der Waals surface area (Å²) in [6, 6.07) is 2.04. The van der Waals surface area contributed by atoms with Crippen molar-refractivity contribution in [2.24, 2.45) is 0 Å². The fraction of sp³-hybridized carbons (Fsp3) is 0.889. The van der Waals surface area contributed by atoms with Crippen molar-refractivity contribution in [2.45, 2.75) is 18.9 Å². The molecule has 0 aliphatic rings. The van der Waals surface area contributed by atoms with E-state index in [1.165, 1.54) is 0 Å². The van der Waals surface area contributed by atoms with Gasteiger partial charge in [0.05, 0.1) is 12.1 Å². The summed E-state index contributed by atoms with van der Waals surface area (Å²) >= 11 is 0. The van der Waals surface area contributed by atoms with Crippen molar-refractivity contribution >= 4 is 0 Å². The van der Waals surface area contributed by atoms with E-state index < -0.39 is 0 Å².